The Hall–Kier alpha value is -1.98. The zero-order valence-electron chi connectivity index (χ0n) is 10.2. The molecule has 18 heavy (non-hydrogen) atoms. The van der Waals surface area contributed by atoms with E-state index in [1.165, 1.54) is 0 Å². The molecule has 6 heteroatoms. The highest BCUT2D eigenvalue weighted by molar-refractivity contribution is 6.06. The first-order valence-corrected chi connectivity index (χ1v) is 6.13. The SMILES string of the molecule is CC(=O)N1CCC2(CC1)Nc1c[nH]cc1NC2=O. The van der Waals surface area contributed by atoms with Crippen LogP contribution < -0.4 is 10.6 Å². The van der Waals surface area contributed by atoms with Gasteiger partial charge in [0.05, 0.1) is 11.4 Å². The third-order valence-corrected chi connectivity index (χ3v) is 3.86. The number of amides is 2. The third-order valence-electron chi connectivity index (χ3n) is 3.86. The fraction of sp³-hybridized carbons (Fsp3) is 0.500. The normalized spacial score (nSPS) is 21.2. The van der Waals surface area contributed by atoms with Gasteiger partial charge in [0.15, 0.2) is 0 Å². The van der Waals surface area contributed by atoms with Crippen molar-refractivity contribution in [3.05, 3.63) is 12.4 Å². The predicted octanol–water partition coefficient (Wildman–Crippen LogP) is 0.760. The summed E-state index contributed by atoms with van der Waals surface area (Å²) >= 11 is 0. The molecule has 1 aromatic heterocycles. The molecule has 0 radical (unpaired) electrons. The van der Waals surface area contributed by atoms with Crippen LogP contribution in [0, 0.1) is 0 Å². The maximum Gasteiger partial charge on any atom is 0.250 e. The van der Waals surface area contributed by atoms with E-state index < -0.39 is 5.54 Å². The van der Waals surface area contributed by atoms with Gasteiger partial charge in [-0.1, -0.05) is 0 Å². The first-order valence-electron chi connectivity index (χ1n) is 6.13. The lowest BCUT2D eigenvalue weighted by atomic mass is 9.85. The predicted molar refractivity (Wildman–Crippen MR) is 67.3 cm³/mol. The van der Waals surface area contributed by atoms with Crippen LogP contribution in [0.2, 0.25) is 0 Å². The summed E-state index contributed by atoms with van der Waals surface area (Å²) in [7, 11) is 0. The Labute approximate surface area is 105 Å². The Balaban J connectivity index is 1.81. The van der Waals surface area contributed by atoms with Gasteiger partial charge in [0, 0.05) is 32.4 Å². The molecule has 1 spiro atoms. The summed E-state index contributed by atoms with van der Waals surface area (Å²) in [6.07, 6.45) is 4.89. The summed E-state index contributed by atoms with van der Waals surface area (Å²) in [6.45, 7) is 2.81. The molecule has 6 nitrogen and oxygen atoms in total. The summed E-state index contributed by atoms with van der Waals surface area (Å²) < 4.78 is 0. The van der Waals surface area contributed by atoms with Crippen molar-refractivity contribution in [3.8, 4) is 0 Å². The Morgan fingerprint density at radius 3 is 2.61 bits per heavy atom. The first kappa shape index (κ1) is 11.1. The minimum Gasteiger partial charge on any atom is -0.368 e. The number of fused-ring (bicyclic) bond motifs is 1. The summed E-state index contributed by atoms with van der Waals surface area (Å²) in [5.74, 6) is 0.0706. The van der Waals surface area contributed by atoms with Crippen molar-refractivity contribution < 1.29 is 9.59 Å². The van der Waals surface area contributed by atoms with E-state index in [1.54, 1.807) is 18.0 Å². The van der Waals surface area contributed by atoms with Crippen LogP contribution in [0.5, 0.6) is 0 Å². The standard InChI is InChI=1S/C12H16N4O2/c1-8(17)16-4-2-12(3-5-16)11(18)14-9-6-13-7-10(9)15-12/h6-7,13,15H,2-5H2,1H3,(H,14,18). The Morgan fingerprint density at radius 1 is 1.28 bits per heavy atom. The van der Waals surface area contributed by atoms with Gasteiger partial charge in [-0.2, -0.15) is 0 Å². The molecule has 2 aliphatic heterocycles. The van der Waals surface area contributed by atoms with E-state index >= 15 is 0 Å². The van der Waals surface area contributed by atoms with Crippen molar-refractivity contribution in [2.75, 3.05) is 23.7 Å². The summed E-state index contributed by atoms with van der Waals surface area (Å²) in [6, 6.07) is 0. The molecule has 1 aromatic rings. The zero-order chi connectivity index (χ0) is 12.8. The lowest BCUT2D eigenvalue weighted by molar-refractivity contribution is -0.132. The molecule has 0 aromatic carbocycles. The number of carbonyl (C=O) groups is 2. The Morgan fingerprint density at radius 2 is 1.94 bits per heavy atom. The fourth-order valence-electron chi connectivity index (χ4n) is 2.68. The van der Waals surface area contributed by atoms with Gasteiger partial charge in [0.1, 0.15) is 5.54 Å². The molecule has 3 rings (SSSR count). The summed E-state index contributed by atoms with van der Waals surface area (Å²) in [5.41, 5.74) is 1.15. The molecular formula is C12H16N4O2. The highest BCUT2D eigenvalue weighted by Crippen LogP contribution is 2.36. The molecule has 0 aliphatic carbocycles. The van der Waals surface area contributed by atoms with E-state index in [4.69, 9.17) is 0 Å². The van der Waals surface area contributed by atoms with Crippen LogP contribution in [-0.4, -0.2) is 40.3 Å². The van der Waals surface area contributed by atoms with Gasteiger partial charge in [-0.15, -0.1) is 0 Å². The number of hydrogen-bond acceptors (Lipinski definition) is 3. The lowest BCUT2D eigenvalue weighted by Crippen LogP contribution is -2.58. The van der Waals surface area contributed by atoms with Crippen molar-refractivity contribution in [2.45, 2.75) is 25.3 Å². The topological polar surface area (TPSA) is 77.2 Å². The minimum atomic E-state index is -0.568. The van der Waals surface area contributed by atoms with Crippen molar-refractivity contribution >= 4 is 23.2 Å². The second kappa shape index (κ2) is 3.76. The Bertz CT molecular complexity index is 500. The second-order valence-electron chi connectivity index (χ2n) is 4.95. The maximum absolute atomic E-state index is 12.2. The van der Waals surface area contributed by atoms with Gasteiger partial charge in [0.2, 0.25) is 11.8 Å². The molecule has 0 unspecified atom stereocenters. The van der Waals surface area contributed by atoms with Crippen LogP contribution in [0.15, 0.2) is 12.4 Å². The molecular weight excluding hydrogens is 232 g/mol. The quantitative estimate of drug-likeness (QED) is 0.634. The van der Waals surface area contributed by atoms with Crippen LogP contribution in [-0.2, 0) is 9.59 Å². The highest BCUT2D eigenvalue weighted by Gasteiger charge is 2.44. The van der Waals surface area contributed by atoms with Crippen molar-refractivity contribution in [3.63, 3.8) is 0 Å². The fourth-order valence-corrected chi connectivity index (χ4v) is 2.68. The number of piperidine rings is 1. The van der Waals surface area contributed by atoms with Crippen LogP contribution in [0.1, 0.15) is 19.8 Å². The van der Waals surface area contributed by atoms with Crippen LogP contribution in [0.25, 0.3) is 0 Å². The van der Waals surface area contributed by atoms with Crippen molar-refractivity contribution in [1.82, 2.24) is 9.88 Å². The van der Waals surface area contributed by atoms with Crippen molar-refractivity contribution in [1.29, 1.82) is 0 Å². The summed E-state index contributed by atoms with van der Waals surface area (Å²) in [5, 5.41) is 6.23. The molecule has 2 aliphatic rings. The number of likely N-dealkylation sites (tertiary alicyclic amines) is 1. The average molecular weight is 248 g/mol. The second-order valence-corrected chi connectivity index (χ2v) is 4.95. The van der Waals surface area contributed by atoms with Gasteiger partial charge >= 0.3 is 0 Å². The number of H-pyrrole nitrogens is 1. The number of anilines is 2. The smallest absolute Gasteiger partial charge is 0.250 e. The molecule has 1 saturated heterocycles. The third kappa shape index (κ3) is 1.56. The van der Waals surface area contributed by atoms with Crippen LogP contribution >= 0.6 is 0 Å². The molecule has 96 valence electrons. The van der Waals surface area contributed by atoms with E-state index in [9.17, 15) is 9.59 Å². The molecule has 0 atom stereocenters. The molecule has 1 fully saturated rings. The van der Waals surface area contributed by atoms with E-state index in [2.05, 4.69) is 15.6 Å². The molecule has 3 N–H and O–H groups in total. The van der Waals surface area contributed by atoms with Crippen LogP contribution in [0.4, 0.5) is 11.4 Å². The lowest BCUT2D eigenvalue weighted by Gasteiger charge is -2.43. The number of nitrogens with one attached hydrogen (secondary N) is 3. The maximum atomic E-state index is 12.2. The van der Waals surface area contributed by atoms with E-state index in [0.717, 1.165) is 11.4 Å². The number of carbonyl (C=O) groups excluding carboxylic acids is 2. The molecule has 0 bridgehead atoms. The number of hydrogen-bond donors (Lipinski definition) is 3. The molecule has 3 heterocycles. The zero-order valence-corrected chi connectivity index (χ0v) is 10.2. The molecule has 0 saturated carbocycles. The van der Waals surface area contributed by atoms with Gasteiger partial charge in [-0.3, -0.25) is 9.59 Å². The molecule has 2 amide bonds. The summed E-state index contributed by atoms with van der Waals surface area (Å²) in [4.78, 5) is 28.3. The minimum absolute atomic E-state index is 0.00204. The van der Waals surface area contributed by atoms with E-state index in [-0.39, 0.29) is 11.8 Å². The highest BCUT2D eigenvalue weighted by atomic mass is 16.2. The average Bonchev–Trinajstić information content (AvgIpc) is 2.77. The number of rotatable bonds is 0. The Kier molecular flexibility index (Phi) is 2.33. The van der Waals surface area contributed by atoms with Crippen molar-refractivity contribution in [2.24, 2.45) is 0 Å². The van der Waals surface area contributed by atoms with E-state index in [0.29, 0.717) is 25.9 Å². The number of nitrogens with zero attached hydrogens (tertiary/aromatic N) is 1. The van der Waals surface area contributed by atoms with Crippen LogP contribution in [0.3, 0.4) is 0 Å². The number of aromatic amines is 1. The monoisotopic (exact) mass is 248 g/mol. The van der Waals surface area contributed by atoms with Gasteiger partial charge in [-0.05, 0) is 12.8 Å². The van der Waals surface area contributed by atoms with Gasteiger partial charge < -0.3 is 20.5 Å². The number of aromatic nitrogens is 1. The van der Waals surface area contributed by atoms with Gasteiger partial charge in [-0.25, -0.2) is 0 Å². The first-order chi connectivity index (χ1) is 8.61. The largest absolute Gasteiger partial charge is 0.368 e. The van der Waals surface area contributed by atoms with E-state index in [1.807, 2.05) is 6.20 Å². The van der Waals surface area contributed by atoms with Gasteiger partial charge in [0.25, 0.3) is 0 Å².